The van der Waals surface area contributed by atoms with Crippen molar-refractivity contribution in [1.82, 2.24) is 0 Å². The predicted octanol–water partition coefficient (Wildman–Crippen LogP) is 3.06. The number of amides is 1. The van der Waals surface area contributed by atoms with Crippen LogP contribution < -0.4 is 16.2 Å². The molecule has 0 aliphatic heterocycles. The van der Waals surface area contributed by atoms with Crippen molar-refractivity contribution in [1.29, 1.82) is 0 Å². The van der Waals surface area contributed by atoms with E-state index in [-0.39, 0.29) is 22.7 Å². The number of nitrogen functional groups attached to an aromatic ring is 1. The monoisotopic (exact) mass is 324 g/mol. The van der Waals surface area contributed by atoms with Gasteiger partial charge in [-0.05, 0) is 40.2 Å². The molecule has 19 heavy (non-hydrogen) atoms. The Bertz CT molecular complexity index is 647. The number of carbonyl (C=O) groups is 1. The molecule has 0 spiro atoms. The van der Waals surface area contributed by atoms with Crippen LogP contribution in [0.5, 0.6) is 11.5 Å². The number of para-hydroxylation sites is 1. The Morgan fingerprint density at radius 3 is 2.63 bits per heavy atom. The molecule has 2 rings (SSSR count). The zero-order chi connectivity index (χ0) is 14.0. The molecular weight excluding hydrogens is 315 g/mol. The molecule has 98 valence electrons. The summed E-state index contributed by atoms with van der Waals surface area (Å²) in [6, 6.07) is 8.87. The summed E-state index contributed by atoms with van der Waals surface area (Å²) in [6.45, 7) is 0. The molecule has 4 nitrogen and oxygen atoms in total. The Kier molecular flexibility index (Phi) is 3.71. The fourth-order valence-electron chi connectivity index (χ4n) is 1.52. The minimum Gasteiger partial charge on any atom is -0.454 e. The van der Waals surface area contributed by atoms with Gasteiger partial charge in [0, 0.05) is 6.07 Å². The van der Waals surface area contributed by atoms with Gasteiger partial charge in [-0.15, -0.1) is 0 Å². The zero-order valence-corrected chi connectivity index (χ0v) is 11.3. The number of ether oxygens (including phenoxy) is 1. The minimum atomic E-state index is -0.667. The summed E-state index contributed by atoms with van der Waals surface area (Å²) in [5.74, 6) is -0.801. The lowest BCUT2D eigenvalue weighted by Crippen LogP contribution is -2.13. The number of rotatable bonds is 3. The van der Waals surface area contributed by atoms with Crippen molar-refractivity contribution in [2.24, 2.45) is 5.73 Å². The van der Waals surface area contributed by atoms with Crippen molar-refractivity contribution >= 4 is 27.5 Å². The topological polar surface area (TPSA) is 78.3 Å². The first-order valence-corrected chi connectivity index (χ1v) is 6.09. The quantitative estimate of drug-likeness (QED) is 0.851. The van der Waals surface area contributed by atoms with Gasteiger partial charge in [-0.2, -0.15) is 0 Å². The first-order chi connectivity index (χ1) is 8.99. The van der Waals surface area contributed by atoms with Crippen LogP contribution in [0.4, 0.5) is 10.1 Å². The van der Waals surface area contributed by atoms with E-state index in [4.69, 9.17) is 16.2 Å². The Morgan fingerprint density at radius 2 is 2.00 bits per heavy atom. The molecule has 6 heteroatoms. The van der Waals surface area contributed by atoms with Gasteiger partial charge in [0.2, 0.25) is 0 Å². The Morgan fingerprint density at radius 1 is 1.26 bits per heavy atom. The molecule has 0 aromatic heterocycles. The second-order valence-corrected chi connectivity index (χ2v) is 4.62. The molecule has 0 bridgehead atoms. The highest BCUT2D eigenvalue weighted by Gasteiger charge is 2.14. The van der Waals surface area contributed by atoms with Gasteiger partial charge in [-0.3, -0.25) is 4.79 Å². The molecule has 0 aliphatic carbocycles. The van der Waals surface area contributed by atoms with E-state index in [0.29, 0.717) is 4.47 Å². The van der Waals surface area contributed by atoms with Gasteiger partial charge in [-0.1, -0.05) is 6.07 Å². The Hall–Kier alpha value is -2.08. The maximum Gasteiger partial charge on any atom is 0.252 e. The maximum absolute atomic E-state index is 13.4. The molecule has 0 heterocycles. The molecular formula is C13H10BrFN2O2. The summed E-state index contributed by atoms with van der Waals surface area (Å²) >= 11 is 3.04. The first kappa shape index (κ1) is 13.4. The van der Waals surface area contributed by atoms with Crippen LogP contribution in [-0.2, 0) is 0 Å². The van der Waals surface area contributed by atoms with Crippen LogP contribution in [0.2, 0.25) is 0 Å². The fraction of sp³-hybridized carbons (Fsp3) is 0. The van der Waals surface area contributed by atoms with Crippen LogP contribution in [0.15, 0.2) is 40.9 Å². The van der Waals surface area contributed by atoms with Crippen LogP contribution >= 0.6 is 15.9 Å². The molecule has 0 fully saturated rings. The van der Waals surface area contributed by atoms with Crippen LogP contribution in [0.1, 0.15) is 10.4 Å². The number of hydrogen-bond donors (Lipinski definition) is 2. The third kappa shape index (κ3) is 2.85. The van der Waals surface area contributed by atoms with E-state index in [0.717, 1.165) is 0 Å². The Labute approximate surface area is 117 Å². The van der Waals surface area contributed by atoms with E-state index >= 15 is 0 Å². The van der Waals surface area contributed by atoms with Gasteiger partial charge < -0.3 is 16.2 Å². The molecule has 4 N–H and O–H groups in total. The van der Waals surface area contributed by atoms with Gasteiger partial charge in [0.1, 0.15) is 11.6 Å². The second-order valence-electron chi connectivity index (χ2n) is 3.77. The minimum absolute atomic E-state index is 0.122. The smallest absolute Gasteiger partial charge is 0.252 e. The molecule has 0 atom stereocenters. The van der Waals surface area contributed by atoms with Crippen molar-refractivity contribution in [3.8, 4) is 11.5 Å². The van der Waals surface area contributed by atoms with Gasteiger partial charge in [0.05, 0.1) is 15.7 Å². The summed E-state index contributed by atoms with van der Waals surface area (Å²) in [5.41, 5.74) is 11.4. The highest BCUT2D eigenvalue weighted by atomic mass is 79.9. The Balaban J connectivity index is 2.42. The van der Waals surface area contributed by atoms with Gasteiger partial charge >= 0.3 is 0 Å². The van der Waals surface area contributed by atoms with Crippen molar-refractivity contribution in [3.05, 3.63) is 52.3 Å². The largest absolute Gasteiger partial charge is 0.454 e. The molecule has 2 aromatic carbocycles. The van der Waals surface area contributed by atoms with Crippen LogP contribution in [0, 0.1) is 5.82 Å². The average molecular weight is 325 g/mol. The molecule has 1 amide bonds. The third-order valence-corrected chi connectivity index (χ3v) is 3.07. The van der Waals surface area contributed by atoms with Crippen molar-refractivity contribution < 1.29 is 13.9 Å². The van der Waals surface area contributed by atoms with E-state index in [2.05, 4.69) is 15.9 Å². The number of primary amides is 1. The molecule has 0 radical (unpaired) electrons. The second kappa shape index (κ2) is 5.27. The summed E-state index contributed by atoms with van der Waals surface area (Å²) in [5, 5.41) is 0. The van der Waals surface area contributed by atoms with E-state index < -0.39 is 11.7 Å². The van der Waals surface area contributed by atoms with E-state index in [1.54, 1.807) is 18.2 Å². The number of benzene rings is 2. The lowest BCUT2D eigenvalue weighted by atomic mass is 10.1. The van der Waals surface area contributed by atoms with Crippen LogP contribution in [0.25, 0.3) is 0 Å². The molecule has 0 aliphatic rings. The van der Waals surface area contributed by atoms with Gasteiger partial charge in [0.25, 0.3) is 5.91 Å². The van der Waals surface area contributed by atoms with E-state index in [9.17, 15) is 9.18 Å². The number of anilines is 1. The van der Waals surface area contributed by atoms with Crippen LogP contribution in [-0.4, -0.2) is 5.91 Å². The van der Waals surface area contributed by atoms with E-state index in [1.165, 1.54) is 18.2 Å². The van der Waals surface area contributed by atoms with Gasteiger partial charge in [-0.25, -0.2) is 4.39 Å². The lowest BCUT2D eigenvalue weighted by molar-refractivity contribution is 0.0998. The first-order valence-electron chi connectivity index (χ1n) is 5.30. The predicted molar refractivity (Wildman–Crippen MR) is 73.5 cm³/mol. The average Bonchev–Trinajstić information content (AvgIpc) is 2.36. The zero-order valence-electron chi connectivity index (χ0n) is 9.69. The SMILES string of the molecule is NC(=O)c1cccc(N)c1Oc1ccc(Br)c(F)c1. The summed E-state index contributed by atoms with van der Waals surface area (Å²) in [7, 11) is 0. The molecule has 0 saturated heterocycles. The number of carbonyl (C=O) groups excluding carboxylic acids is 1. The van der Waals surface area contributed by atoms with Gasteiger partial charge in [0.15, 0.2) is 5.75 Å². The molecule has 0 saturated carbocycles. The van der Waals surface area contributed by atoms with E-state index in [1.807, 2.05) is 0 Å². The normalized spacial score (nSPS) is 10.2. The summed E-state index contributed by atoms with van der Waals surface area (Å²) in [6.07, 6.45) is 0. The van der Waals surface area contributed by atoms with Crippen LogP contribution in [0.3, 0.4) is 0 Å². The summed E-state index contributed by atoms with van der Waals surface area (Å²) < 4.78 is 19.2. The molecule has 0 unspecified atom stereocenters. The third-order valence-electron chi connectivity index (χ3n) is 2.42. The number of nitrogens with two attached hydrogens (primary N) is 2. The summed E-state index contributed by atoms with van der Waals surface area (Å²) in [4.78, 5) is 11.3. The van der Waals surface area contributed by atoms with Crippen molar-refractivity contribution in [2.45, 2.75) is 0 Å². The number of hydrogen-bond acceptors (Lipinski definition) is 3. The lowest BCUT2D eigenvalue weighted by Gasteiger charge is -2.11. The number of halogens is 2. The standard InChI is InChI=1S/C13H10BrFN2O2/c14-9-5-4-7(6-10(9)15)19-12-8(13(17)18)2-1-3-11(12)16/h1-6H,16H2,(H2,17,18). The van der Waals surface area contributed by atoms with Crippen molar-refractivity contribution in [3.63, 3.8) is 0 Å². The highest BCUT2D eigenvalue weighted by molar-refractivity contribution is 9.10. The molecule has 2 aromatic rings. The highest BCUT2D eigenvalue weighted by Crippen LogP contribution is 2.32. The van der Waals surface area contributed by atoms with Crippen molar-refractivity contribution in [2.75, 3.05) is 5.73 Å². The fourth-order valence-corrected chi connectivity index (χ4v) is 1.77. The maximum atomic E-state index is 13.4.